The first-order chi connectivity index (χ1) is 2.27. The van der Waals surface area contributed by atoms with Crippen LogP contribution < -0.4 is 0 Å². The van der Waals surface area contributed by atoms with Crippen molar-refractivity contribution in [1.29, 1.82) is 0 Å². The monoisotopic (exact) mass is 114 g/mol. The van der Waals surface area contributed by atoms with E-state index in [0.717, 1.165) is 0.515 Å². The summed E-state index contributed by atoms with van der Waals surface area (Å²) < 4.78 is 0.718. The van der Waals surface area contributed by atoms with Crippen LogP contribution in [0.25, 0.3) is 0 Å². The van der Waals surface area contributed by atoms with E-state index in [1.165, 1.54) is 0 Å². The molecule has 0 heterocycles. The molecule has 0 spiro atoms. The number of thiol groups is 1. The topological polar surface area (TPSA) is 17.1 Å². The molecule has 0 rings (SSSR count). The van der Waals surface area contributed by atoms with E-state index in [9.17, 15) is 4.79 Å². The fourth-order valence-electron chi connectivity index (χ4n) is 0. The molecule has 0 radical (unpaired) electrons. The first-order valence-corrected chi connectivity index (χ1v) is 4.14. The molecule has 0 bridgehead atoms. The molecule has 0 aliphatic rings. The molecule has 0 saturated carbocycles. The molecule has 0 atom stereocenters. The van der Waals surface area contributed by atoms with Crippen molar-refractivity contribution in [3.8, 4) is 0 Å². The predicted molar refractivity (Wildman–Crippen MR) is 24.6 cm³/mol. The quantitative estimate of drug-likeness (QED) is 0.376. The van der Waals surface area contributed by atoms with Crippen molar-refractivity contribution in [1.82, 2.24) is 0 Å². The number of rotatable bonds is 1. The molecule has 5 heavy (non-hydrogen) atoms. The van der Waals surface area contributed by atoms with Crippen molar-refractivity contribution in [2.45, 2.75) is 0.515 Å². The molecule has 0 amide bonds. The Morgan fingerprint density at radius 1 is 2.00 bits per heavy atom. The summed E-state index contributed by atoms with van der Waals surface area (Å²) in [5.74, 6) is 0. The van der Waals surface area contributed by atoms with Crippen LogP contribution in [0.3, 0.4) is 0 Å². The van der Waals surface area contributed by atoms with Crippen LogP contribution in [0.15, 0.2) is 0 Å². The Balaban J connectivity index is 2.85. The Hall–Kier alpha value is 1.66. The SMILES string of the molecule is O=C(S)[CH2][K]. The zero-order valence-electron chi connectivity index (χ0n) is 3.06. The normalized spacial score (nSPS) is 7.80. The van der Waals surface area contributed by atoms with Gasteiger partial charge in [0.2, 0.25) is 0 Å². The zero-order chi connectivity index (χ0) is 4.28. The summed E-state index contributed by atoms with van der Waals surface area (Å²) in [6, 6.07) is 0. The Labute approximate surface area is 70.5 Å². The fourth-order valence-corrected chi connectivity index (χ4v) is 0. The standard InChI is InChI=1S/C2H3OS.K/c1-2(3)4;/h1H2,(H,3,4);. The minimum atomic E-state index is 0.0324. The van der Waals surface area contributed by atoms with Crippen LogP contribution in [0.1, 0.15) is 0 Å². The second kappa shape index (κ2) is 3.83. The average molecular weight is 114 g/mol. The molecular formula is C2H3KOS. The summed E-state index contributed by atoms with van der Waals surface area (Å²) in [6.45, 7) is 0. The van der Waals surface area contributed by atoms with Gasteiger partial charge in [-0.1, -0.05) is 0 Å². The zero-order valence-corrected chi connectivity index (χ0v) is 7.08. The van der Waals surface area contributed by atoms with Gasteiger partial charge < -0.3 is 0 Å². The third kappa shape index (κ3) is 5.66. The van der Waals surface area contributed by atoms with Crippen LogP contribution in [-0.2, 0) is 4.79 Å². The second-order valence-corrected chi connectivity index (χ2v) is 2.35. The average Bonchev–Trinajstić information content (AvgIpc) is 1.38. The molecule has 0 aliphatic carbocycles. The van der Waals surface area contributed by atoms with E-state index >= 15 is 0 Å². The molecule has 0 N–H and O–H groups in total. The fraction of sp³-hybridized carbons (Fsp3) is 0.500. The van der Waals surface area contributed by atoms with Crippen LogP contribution >= 0.6 is 12.6 Å². The molecule has 0 aromatic rings. The van der Waals surface area contributed by atoms with Gasteiger partial charge in [0.1, 0.15) is 0 Å². The van der Waals surface area contributed by atoms with E-state index < -0.39 is 0 Å². The van der Waals surface area contributed by atoms with Crippen molar-refractivity contribution < 1.29 is 4.79 Å². The molecule has 0 saturated heterocycles. The van der Waals surface area contributed by atoms with Crippen LogP contribution in [-0.4, -0.2) is 54.1 Å². The van der Waals surface area contributed by atoms with Gasteiger partial charge in [0, 0.05) is 0 Å². The van der Waals surface area contributed by atoms with Gasteiger partial charge in [0.25, 0.3) is 0 Å². The summed E-state index contributed by atoms with van der Waals surface area (Å²) >= 11 is 4.16. The van der Waals surface area contributed by atoms with Gasteiger partial charge in [0.05, 0.1) is 0 Å². The summed E-state index contributed by atoms with van der Waals surface area (Å²) in [7, 11) is 0. The number of carbonyl (C=O) groups is 1. The Kier molecular flexibility index (Phi) is 5.10. The third-order valence-electron chi connectivity index (χ3n) is 0.302. The summed E-state index contributed by atoms with van der Waals surface area (Å²) in [6.07, 6.45) is 0. The molecule has 0 aromatic carbocycles. The van der Waals surface area contributed by atoms with Crippen LogP contribution in [0.2, 0.25) is 0.515 Å². The number of hydrogen-bond acceptors (Lipinski definition) is 1. The predicted octanol–water partition coefficient (Wildman–Crippen LogP) is 0.0296. The molecule has 0 fully saturated rings. The van der Waals surface area contributed by atoms with Gasteiger partial charge in [-0.2, -0.15) is 0 Å². The summed E-state index contributed by atoms with van der Waals surface area (Å²) in [5.41, 5.74) is 0. The van der Waals surface area contributed by atoms with Crippen molar-refractivity contribution >= 4 is 66.7 Å². The van der Waals surface area contributed by atoms with E-state index in [2.05, 4.69) is 12.6 Å². The molecule has 0 aromatic heterocycles. The third-order valence-corrected chi connectivity index (χ3v) is 2.55. The van der Waals surface area contributed by atoms with Gasteiger partial charge in [-0.05, 0) is 0 Å². The van der Waals surface area contributed by atoms with E-state index in [1.807, 2.05) is 0 Å². The molecular weight excluding hydrogens is 111 g/mol. The summed E-state index contributed by atoms with van der Waals surface area (Å²) in [4.78, 5) is 9.72. The molecule has 1 nitrogen and oxygen atoms in total. The van der Waals surface area contributed by atoms with Crippen LogP contribution in [0, 0.1) is 0 Å². The van der Waals surface area contributed by atoms with Gasteiger partial charge in [-0.3, -0.25) is 0 Å². The van der Waals surface area contributed by atoms with Gasteiger partial charge in [-0.15, -0.1) is 0 Å². The Bertz CT molecular complexity index is 44.9. The van der Waals surface area contributed by atoms with Crippen molar-refractivity contribution in [2.75, 3.05) is 0 Å². The second-order valence-electron chi connectivity index (χ2n) is 0.747. The number of hydrogen-bond donors (Lipinski definition) is 1. The summed E-state index contributed by atoms with van der Waals surface area (Å²) in [5, 5.41) is 0.0324. The van der Waals surface area contributed by atoms with E-state index in [4.69, 9.17) is 0 Å². The van der Waals surface area contributed by atoms with Crippen molar-refractivity contribution in [3.63, 3.8) is 0 Å². The van der Waals surface area contributed by atoms with E-state index in [1.54, 1.807) is 0 Å². The number of carbonyl (C=O) groups excluding carboxylic acids is 1. The molecule has 0 unspecified atom stereocenters. The Morgan fingerprint density at radius 2 is 2.20 bits per heavy atom. The first kappa shape index (κ1) is 6.66. The van der Waals surface area contributed by atoms with Gasteiger partial charge >= 0.3 is 72.0 Å². The molecule has 0 aliphatic heterocycles. The van der Waals surface area contributed by atoms with Gasteiger partial charge in [0.15, 0.2) is 0 Å². The Morgan fingerprint density at radius 3 is 2.20 bits per heavy atom. The van der Waals surface area contributed by atoms with Crippen LogP contribution in [0.4, 0.5) is 0 Å². The molecule has 24 valence electrons. The van der Waals surface area contributed by atoms with Crippen molar-refractivity contribution in [2.24, 2.45) is 0 Å². The maximum absolute atomic E-state index is 9.72. The molecule has 3 heteroatoms. The van der Waals surface area contributed by atoms with Gasteiger partial charge in [-0.25, -0.2) is 0 Å². The van der Waals surface area contributed by atoms with Crippen molar-refractivity contribution in [3.05, 3.63) is 0 Å². The van der Waals surface area contributed by atoms with Crippen LogP contribution in [0.5, 0.6) is 0 Å². The minimum absolute atomic E-state index is 0.0324. The maximum atomic E-state index is 9.72. The van der Waals surface area contributed by atoms with E-state index in [-0.39, 0.29) is 5.12 Å². The van der Waals surface area contributed by atoms with E-state index in [0.29, 0.717) is 49.0 Å². The first-order valence-electron chi connectivity index (χ1n) is 1.49.